The lowest BCUT2D eigenvalue weighted by Gasteiger charge is -2.49. The van der Waals surface area contributed by atoms with E-state index < -0.39 is 28.5 Å². The van der Waals surface area contributed by atoms with Crippen LogP contribution < -0.4 is 4.90 Å². The number of hydrogen-bond acceptors (Lipinski definition) is 4. The number of amides is 1. The first-order valence-electron chi connectivity index (χ1n) is 8.94. The van der Waals surface area contributed by atoms with Gasteiger partial charge in [-0.3, -0.25) is 9.69 Å². The Balaban J connectivity index is 2.73. The summed E-state index contributed by atoms with van der Waals surface area (Å²) in [5.41, 5.74) is -2.10. The summed E-state index contributed by atoms with van der Waals surface area (Å²) in [6.07, 6.45) is 0.103. The van der Waals surface area contributed by atoms with Crippen LogP contribution >= 0.6 is 15.9 Å². The van der Waals surface area contributed by atoms with Crippen molar-refractivity contribution in [2.75, 3.05) is 11.5 Å². The second-order valence-corrected chi connectivity index (χ2v) is 9.50. The molecule has 1 aromatic rings. The van der Waals surface area contributed by atoms with E-state index in [1.165, 1.54) is 11.0 Å². The van der Waals surface area contributed by atoms with Gasteiger partial charge in [0.15, 0.2) is 5.78 Å². The molecule has 0 saturated carbocycles. The number of Topliss-reactive ketones (excluding diaryl/α,β-unsaturated/α-hetero) is 1. The summed E-state index contributed by atoms with van der Waals surface area (Å²) >= 11 is 3.18. The number of anilines is 1. The molecule has 0 radical (unpaired) electrons. The summed E-state index contributed by atoms with van der Waals surface area (Å²) in [6, 6.07) is 2.81. The third-order valence-electron chi connectivity index (χ3n) is 4.90. The van der Waals surface area contributed by atoms with E-state index in [1.54, 1.807) is 47.6 Å². The van der Waals surface area contributed by atoms with Gasteiger partial charge in [-0.2, -0.15) is 0 Å². The van der Waals surface area contributed by atoms with Crippen molar-refractivity contribution in [2.45, 2.75) is 70.9 Å². The van der Waals surface area contributed by atoms with Crippen LogP contribution in [0.3, 0.4) is 0 Å². The molecule has 1 unspecified atom stereocenters. The van der Waals surface area contributed by atoms with Crippen molar-refractivity contribution in [3.8, 4) is 0 Å². The number of aliphatic hydroxyl groups excluding tert-OH is 1. The fraction of sp³-hybridized carbons (Fsp3) is 0.600. The number of carbonyl (C=O) groups is 2. The summed E-state index contributed by atoms with van der Waals surface area (Å²) in [5.74, 6) is -0.711. The maximum Gasteiger partial charge on any atom is 0.415 e. The van der Waals surface area contributed by atoms with Gasteiger partial charge < -0.3 is 9.84 Å². The molecule has 27 heavy (non-hydrogen) atoms. The number of halogens is 2. The first kappa shape index (κ1) is 21.8. The van der Waals surface area contributed by atoms with E-state index in [2.05, 4.69) is 15.9 Å². The Kier molecular flexibility index (Phi) is 5.79. The first-order chi connectivity index (χ1) is 12.3. The Bertz CT molecular complexity index is 772. The molecule has 7 heteroatoms. The molecule has 0 fully saturated rings. The van der Waals surface area contributed by atoms with Gasteiger partial charge in [-0.05, 0) is 88.0 Å². The molecule has 1 aromatic carbocycles. The molecule has 1 amide bonds. The van der Waals surface area contributed by atoms with Gasteiger partial charge in [0, 0.05) is 6.61 Å². The minimum Gasteiger partial charge on any atom is -0.443 e. The number of rotatable bonds is 3. The number of ether oxygens (including phenoxy) is 1. The molecule has 1 aliphatic heterocycles. The van der Waals surface area contributed by atoms with Crippen LogP contribution in [0.1, 0.15) is 59.9 Å². The van der Waals surface area contributed by atoms with Gasteiger partial charge in [0.1, 0.15) is 17.0 Å². The molecule has 1 aliphatic rings. The molecule has 150 valence electrons. The molecule has 0 bridgehead atoms. The summed E-state index contributed by atoms with van der Waals surface area (Å²) in [4.78, 5) is 27.7. The second-order valence-electron chi connectivity index (χ2n) is 8.65. The number of fused-ring (bicyclic) bond motifs is 1. The summed E-state index contributed by atoms with van der Waals surface area (Å²) in [5, 5.41) is 9.28. The minimum atomic E-state index is -1.24. The monoisotopic (exact) mass is 443 g/mol. The van der Waals surface area contributed by atoms with Gasteiger partial charge in [-0.15, -0.1) is 0 Å². The van der Waals surface area contributed by atoms with Crippen LogP contribution in [0, 0.1) is 5.82 Å². The van der Waals surface area contributed by atoms with Crippen molar-refractivity contribution in [1.29, 1.82) is 0 Å². The van der Waals surface area contributed by atoms with E-state index in [0.29, 0.717) is 24.1 Å². The van der Waals surface area contributed by atoms with Crippen LogP contribution in [0.15, 0.2) is 16.6 Å². The number of benzene rings is 1. The zero-order chi connectivity index (χ0) is 20.8. The van der Waals surface area contributed by atoms with Crippen LogP contribution in [-0.4, -0.2) is 34.7 Å². The highest BCUT2D eigenvalue weighted by Gasteiger charge is 2.55. The zero-order valence-electron chi connectivity index (χ0n) is 16.7. The van der Waals surface area contributed by atoms with Crippen molar-refractivity contribution < 1.29 is 23.8 Å². The standard InChI is InChI=1S/C20H27BrFNO4/c1-18(2,3)27-17(26)23-15-11-14(22)13(21)10-12(15)20(6,8-7-9-24)16(25)19(23,4)5/h10-11,24H,7-9H2,1-6H3. The van der Waals surface area contributed by atoms with E-state index in [1.807, 2.05) is 0 Å². The topological polar surface area (TPSA) is 66.8 Å². The Morgan fingerprint density at radius 1 is 1.30 bits per heavy atom. The smallest absolute Gasteiger partial charge is 0.415 e. The zero-order valence-corrected chi connectivity index (χ0v) is 18.2. The SMILES string of the molecule is CC(C)(C)OC(=O)N1c2cc(F)c(Br)cc2C(C)(CCCO)C(=O)C1(C)C. The average Bonchev–Trinajstić information content (AvgIpc) is 2.52. The first-order valence-corrected chi connectivity index (χ1v) is 9.73. The minimum absolute atomic E-state index is 0.0588. The lowest BCUT2D eigenvalue weighted by Crippen LogP contribution is -2.63. The molecule has 0 spiro atoms. The van der Waals surface area contributed by atoms with Gasteiger partial charge >= 0.3 is 6.09 Å². The molecule has 0 aromatic heterocycles. The predicted molar refractivity (Wildman–Crippen MR) is 106 cm³/mol. The Morgan fingerprint density at radius 2 is 1.89 bits per heavy atom. The summed E-state index contributed by atoms with van der Waals surface area (Å²) in [7, 11) is 0. The quantitative estimate of drug-likeness (QED) is 0.733. The van der Waals surface area contributed by atoms with E-state index in [-0.39, 0.29) is 16.9 Å². The maximum absolute atomic E-state index is 14.4. The van der Waals surface area contributed by atoms with Crippen LogP contribution in [-0.2, 0) is 14.9 Å². The number of ketones is 1. The maximum atomic E-state index is 14.4. The normalized spacial score (nSPS) is 21.8. The predicted octanol–water partition coefficient (Wildman–Crippen LogP) is 4.72. The summed E-state index contributed by atoms with van der Waals surface area (Å²) < 4.78 is 20.1. The number of carbonyl (C=O) groups excluding carboxylic acids is 2. The molecule has 0 saturated heterocycles. The Labute approximate surface area is 168 Å². The third kappa shape index (κ3) is 3.90. The molecular weight excluding hydrogens is 417 g/mol. The Morgan fingerprint density at radius 3 is 2.41 bits per heavy atom. The molecule has 1 atom stereocenters. The van der Waals surface area contributed by atoms with E-state index in [4.69, 9.17) is 4.74 Å². The highest BCUT2D eigenvalue weighted by Crippen LogP contribution is 2.48. The fourth-order valence-corrected chi connectivity index (χ4v) is 4.02. The summed E-state index contributed by atoms with van der Waals surface area (Å²) in [6.45, 7) is 10.2. The molecule has 2 rings (SSSR count). The number of nitrogens with zero attached hydrogens (tertiary/aromatic N) is 1. The lowest BCUT2D eigenvalue weighted by atomic mass is 9.65. The van der Waals surface area contributed by atoms with Crippen molar-refractivity contribution in [3.05, 3.63) is 28.0 Å². The number of aliphatic hydroxyl groups is 1. The molecular formula is C20H27BrFNO4. The second kappa shape index (κ2) is 7.17. The van der Waals surface area contributed by atoms with Crippen LogP contribution in [0.25, 0.3) is 0 Å². The van der Waals surface area contributed by atoms with Crippen molar-refractivity contribution in [1.82, 2.24) is 0 Å². The highest BCUT2D eigenvalue weighted by atomic mass is 79.9. The van der Waals surface area contributed by atoms with Crippen molar-refractivity contribution in [3.63, 3.8) is 0 Å². The Hall–Kier alpha value is -1.47. The van der Waals surface area contributed by atoms with E-state index in [9.17, 15) is 19.1 Å². The van der Waals surface area contributed by atoms with Gasteiger partial charge in [0.2, 0.25) is 0 Å². The van der Waals surface area contributed by atoms with Gasteiger partial charge in [-0.25, -0.2) is 9.18 Å². The third-order valence-corrected chi connectivity index (χ3v) is 5.51. The van der Waals surface area contributed by atoms with E-state index in [0.717, 1.165) is 0 Å². The van der Waals surface area contributed by atoms with Crippen molar-refractivity contribution >= 4 is 33.5 Å². The van der Waals surface area contributed by atoms with E-state index >= 15 is 0 Å². The fourth-order valence-electron chi connectivity index (χ4n) is 3.68. The molecule has 1 heterocycles. The molecule has 5 nitrogen and oxygen atoms in total. The lowest BCUT2D eigenvalue weighted by molar-refractivity contribution is -0.129. The number of hydrogen-bond donors (Lipinski definition) is 1. The van der Waals surface area contributed by atoms with Crippen LogP contribution in [0.2, 0.25) is 0 Å². The van der Waals surface area contributed by atoms with Gasteiger partial charge in [0.25, 0.3) is 0 Å². The van der Waals surface area contributed by atoms with Gasteiger partial charge in [-0.1, -0.05) is 0 Å². The average molecular weight is 444 g/mol. The highest BCUT2D eigenvalue weighted by molar-refractivity contribution is 9.10. The van der Waals surface area contributed by atoms with Crippen LogP contribution in [0.5, 0.6) is 0 Å². The molecule has 1 N–H and O–H groups in total. The van der Waals surface area contributed by atoms with Gasteiger partial charge in [0.05, 0.1) is 15.6 Å². The van der Waals surface area contributed by atoms with Crippen molar-refractivity contribution in [2.24, 2.45) is 0 Å². The van der Waals surface area contributed by atoms with Crippen LogP contribution in [0.4, 0.5) is 14.9 Å². The molecule has 0 aliphatic carbocycles. The largest absolute Gasteiger partial charge is 0.443 e.